The van der Waals surface area contributed by atoms with E-state index in [1.54, 1.807) is 36.5 Å². The molecule has 0 fully saturated rings. The van der Waals surface area contributed by atoms with Gasteiger partial charge < -0.3 is 9.30 Å². The van der Waals surface area contributed by atoms with E-state index in [0.717, 1.165) is 17.6 Å². The summed E-state index contributed by atoms with van der Waals surface area (Å²) in [4.78, 5) is 11.1. The van der Waals surface area contributed by atoms with E-state index in [9.17, 15) is 9.18 Å². The second kappa shape index (κ2) is 6.20. The lowest BCUT2D eigenvalue weighted by Gasteiger charge is -2.08. The Morgan fingerprint density at radius 2 is 1.95 bits per heavy atom. The SMILES string of the molecule is O=Cc1cn(CCOc2ccc(Cl)cc2)c2ccc(F)cc12. The van der Waals surface area contributed by atoms with Gasteiger partial charge in [0, 0.05) is 27.7 Å². The van der Waals surface area contributed by atoms with Crippen LogP contribution in [0.15, 0.2) is 48.7 Å². The first-order valence-corrected chi connectivity index (χ1v) is 7.17. The van der Waals surface area contributed by atoms with Crippen molar-refractivity contribution in [2.24, 2.45) is 0 Å². The van der Waals surface area contributed by atoms with E-state index in [-0.39, 0.29) is 5.82 Å². The topological polar surface area (TPSA) is 31.2 Å². The Hall–Kier alpha value is -2.33. The van der Waals surface area contributed by atoms with Crippen LogP contribution >= 0.6 is 11.6 Å². The zero-order chi connectivity index (χ0) is 15.5. The van der Waals surface area contributed by atoms with Crippen LogP contribution in [0.25, 0.3) is 10.9 Å². The summed E-state index contributed by atoms with van der Waals surface area (Å²) in [5.41, 5.74) is 1.28. The van der Waals surface area contributed by atoms with Gasteiger partial charge in [-0.2, -0.15) is 0 Å². The molecular formula is C17H13ClFNO2. The number of hydrogen-bond donors (Lipinski definition) is 0. The quantitative estimate of drug-likeness (QED) is 0.656. The smallest absolute Gasteiger partial charge is 0.152 e. The third kappa shape index (κ3) is 2.97. The van der Waals surface area contributed by atoms with Crippen LogP contribution in [0, 0.1) is 5.82 Å². The summed E-state index contributed by atoms with van der Waals surface area (Å²) in [6.07, 6.45) is 2.45. The largest absolute Gasteiger partial charge is 0.492 e. The van der Waals surface area contributed by atoms with Crippen LogP contribution in [0.1, 0.15) is 10.4 Å². The zero-order valence-electron chi connectivity index (χ0n) is 11.6. The number of hydrogen-bond acceptors (Lipinski definition) is 2. The lowest BCUT2D eigenvalue weighted by molar-refractivity contribution is 0.112. The summed E-state index contributed by atoms with van der Waals surface area (Å²) in [5, 5.41) is 1.27. The number of benzene rings is 2. The van der Waals surface area contributed by atoms with E-state index in [2.05, 4.69) is 0 Å². The van der Waals surface area contributed by atoms with E-state index < -0.39 is 0 Å². The first-order valence-electron chi connectivity index (χ1n) is 6.79. The van der Waals surface area contributed by atoms with Crippen molar-refractivity contribution < 1.29 is 13.9 Å². The summed E-state index contributed by atoms with van der Waals surface area (Å²) in [6.45, 7) is 0.986. The minimum Gasteiger partial charge on any atom is -0.492 e. The van der Waals surface area contributed by atoms with Crippen LogP contribution in [0.5, 0.6) is 5.75 Å². The number of halogens is 2. The van der Waals surface area contributed by atoms with Gasteiger partial charge in [-0.1, -0.05) is 11.6 Å². The van der Waals surface area contributed by atoms with Gasteiger partial charge in [-0.05, 0) is 42.5 Å². The molecule has 0 saturated carbocycles. The van der Waals surface area contributed by atoms with Gasteiger partial charge in [0.15, 0.2) is 6.29 Å². The highest BCUT2D eigenvalue weighted by molar-refractivity contribution is 6.30. The number of aromatic nitrogens is 1. The Bertz CT molecular complexity index is 811. The van der Waals surface area contributed by atoms with Gasteiger partial charge in [-0.15, -0.1) is 0 Å². The van der Waals surface area contributed by atoms with Gasteiger partial charge in [0.2, 0.25) is 0 Å². The molecule has 5 heteroatoms. The molecule has 3 rings (SSSR count). The highest BCUT2D eigenvalue weighted by Gasteiger charge is 2.09. The summed E-state index contributed by atoms with van der Waals surface area (Å²) in [5.74, 6) is 0.369. The molecule has 1 aromatic heterocycles. The minimum atomic E-state index is -0.356. The Kier molecular flexibility index (Phi) is 4.11. The fourth-order valence-corrected chi connectivity index (χ4v) is 2.49. The molecule has 0 saturated heterocycles. The maximum absolute atomic E-state index is 13.3. The van der Waals surface area contributed by atoms with Gasteiger partial charge >= 0.3 is 0 Å². The second-order valence-corrected chi connectivity index (χ2v) is 5.30. The minimum absolute atomic E-state index is 0.356. The van der Waals surface area contributed by atoms with Gasteiger partial charge in [-0.25, -0.2) is 4.39 Å². The summed E-state index contributed by atoms with van der Waals surface area (Å²) in [7, 11) is 0. The zero-order valence-corrected chi connectivity index (χ0v) is 12.4. The number of carbonyl (C=O) groups excluding carboxylic acids is 1. The molecule has 0 spiro atoms. The number of ether oxygens (including phenoxy) is 1. The van der Waals surface area contributed by atoms with Crippen LogP contribution in [-0.2, 0) is 6.54 Å². The highest BCUT2D eigenvalue weighted by atomic mass is 35.5. The third-order valence-electron chi connectivity index (χ3n) is 3.42. The molecule has 3 aromatic rings. The second-order valence-electron chi connectivity index (χ2n) is 4.86. The molecule has 112 valence electrons. The fourth-order valence-electron chi connectivity index (χ4n) is 2.37. The van der Waals surface area contributed by atoms with Crippen LogP contribution in [0.2, 0.25) is 5.02 Å². The molecule has 0 aliphatic heterocycles. The molecule has 0 atom stereocenters. The van der Waals surface area contributed by atoms with Crippen LogP contribution < -0.4 is 4.74 Å². The fraction of sp³-hybridized carbons (Fsp3) is 0.118. The Morgan fingerprint density at radius 3 is 2.68 bits per heavy atom. The Labute approximate surface area is 131 Å². The number of aldehydes is 1. The van der Waals surface area contributed by atoms with Gasteiger partial charge in [0.05, 0.1) is 6.54 Å². The van der Waals surface area contributed by atoms with Crippen molar-refractivity contribution in [1.82, 2.24) is 4.57 Å². The molecule has 0 N–H and O–H groups in total. The van der Waals surface area contributed by atoms with Crippen molar-refractivity contribution in [3.63, 3.8) is 0 Å². The predicted octanol–water partition coefficient (Wildman–Crippen LogP) is 4.33. The maximum atomic E-state index is 13.3. The highest BCUT2D eigenvalue weighted by Crippen LogP contribution is 2.22. The number of nitrogens with zero attached hydrogens (tertiary/aromatic N) is 1. The number of fused-ring (bicyclic) bond motifs is 1. The molecule has 0 aliphatic rings. The van der Waals surface area contributed by atoms with Crippen molar-refractivity contribution in [3.8, 4) is 5.75 Å². The van der Waals surface area contributed by atoms with Crippen molar-refractivity contribution in [2.45, 2.75) is 6.54 Å². The van der Waals surface area contributed by atoms with Crippen molar-refractivity contribution >= 4 is 28.8 Å². The molecule has 0 aliphatic carbocycles. The molecule has 22 heavy (non-hydrogen) atoms. The van der Waals surface area contributed by atoms with Gasteiger partial charge in [0.25, 0.3) is 0 Å². The molecule has 3 nitrogen and oxygen atoms in total. The summed E-state index contributed by atoms with van der Waals surface area (Å²) >= 11 is 5.82. The summed E-state index contributed by atoms with van der Waals surface area (Å²) < 4.78 is 20.8. The lowest BCUT2D eigenvalue weighted by atomic mass is 10.2. The van der Waals surface area contributed by atoms with Crippen molar-refractivity contribution in [1.29, 1.82) is 0 Å². The average Bonchev–Trinajstić information content (AvgIpc) is 2.86. The van der Waals surface area contributed by atoms with Gasteiger partial charge in [0.1, 0.15) is 18.2 Å². The molecule has 0 amide bonds. The van der Waals surface area contributed by atoms with Gasteiger partial charge in [-0.3, -0.25) is 4.79 Å². The molecule has 0 bridgehead atoms. The number of rotatable bonds is 5. The third-order valence-corrected chi connectivity index (χ3v) is 3.67. The maximum Gasteiger partial charge on any atom is 0.152 e. The molecule has 2 aromatic carbocycles. The number of carbonyl (C=O) groups is 1. The lowest BCUT2D eigenvalue weighted by Crippen LogP contribution is -2.07. The van der Waals surface area contributed by atoms with E-state index >= 15 is 0 Å². The predicted molar refractivity (Wildman–Crippen MR) is 84.2 cm³/mol. The van der Waals surface area contributed by atoms with Crippen molar-refractivity contribution in [2.75, 3.05) is 6.61 Å². The first-order chi connectivity index (χ1) is 10.7. The van der Waals surface area contributed by atoms with Crippen LogP contribution in [0.4, 0.5) is 4.39 Å². The molecule has 0 unspecified atom stereocenters. The van der Waals surface area contributed by atoms with E-state index in [1.807, 2.05) is 4.57 Å². The summed E-state index contributed by atoms with van der Waals surface area (Å²) in [6, 6.07) is 11.5. The van der Waals surface area contributed by atoms with Crippen molar-refractivity contribution in [3.05, 3.63) is 65.1 Å². The average molecular weight is 318 g/mol. The molecule has 1 heterocycles. The Balaban J connectivity index is 1.76. The monoisotopic (exact) mass is 317 g/mol. The standard InChI is InChI=1S/C17H13ClFNO2/c18-13-1-4-15(5-2-13)22-8-7-20-10-12(11-21)16-9-14(19)3-6-17(16)20/h1-6,9-11H,7-8H2. The first kappa shape index (κ1) is 14.6. The Morgan fingerprint density at radius 1 is 1.18 bits per heavy atom. The molecular weight excluding hydrogens is 305 g/mol. The van der Waals surface area contributed by atoms with E-state index in [0.29, 0.717) is 29.1 Å². The van der Waals surface area contributed by atoms with Crippen LogP contribution in [-0.4, -0.2) is 17.5 Å². The van der Waals surface area contributed by atoms with Crippen LogP contribution in [0.3, 0.4) is 0 Å². The van der Waals surface area contributed by atoms with E-state index in [4.69, 9.17) is 16.3 Å². The normalized spacial score (nSPS) is 10.8. The van der Waals surface area contributed by atoms with E-state index in [1.165, 1.54) is 12.1 Å². The molecule has 0 radical (unpaired) electrons.